The highest BCUT2D eigenvalue weighted by Gasteiger charge is 2.34. The lowest BCUT2D eigenvalue weighted by Gasteiger charge is -2.35. The van der Waals surface area contributed by atoms with Crippen LogP contribution in [-0.4, -0.2) is 54.6 Å². The van der Waals surface area contributed by atoms with Gasteiger partial charge in [-0.05, 0) is 76.2 Å². The summed E-state index contributed by atoms with van der Waals surface area (Å²) in [6.45, 7) is 5.16. The van der Waals surface area contributed by atoms with Gasteiger partial charge in [0.25, 0.3) is 0 Å². The lowest BCUT2D eigenvalue weighted by atomic mass is 10.0. The number of likely N-dealkylation sites (tertiary alicyclic amines) is 1. The predicted octanol–water partition coefficient (Wildman–Crippen LogP) is 3.73. The molecule has 0 amide bonds. The van der Waals surface area contributed by atoms with Crippen LogP contribution in [0.5, 0.6) is 5.75 Å². The molecule has 0 radical (unpaired) electrons. The number of aliphatic carboxylic acids is 1. The fourth-order valence-corrected chi connectivity index (χ4v) is 5.90. The molecule has 186 valence electrons. The molecule has 1 aliphatic heterocycles. The molecular weight excluding hydrogens is 466 g/mol. The average molecular weight is 498 g/mol. The van der Waals surface area contributed by atoms with Crippen LogP contribution in [0.4, 0.5) is 0 Å². The minimum absolute atomic E-state index is 0.0599. The molecule has 35 heavy (non-hydrogen) atoms. The van der Waals surface area contributed by atoms with Crippen LogP contribution < -0.4 is 9.46 Å². The van der Waals surface area contributed by atoms with Crippen molar-refractivity contribution in [1.29, 1.82) is 0 Å². The van der Waals surface area contributed by atoms with Crippen LogP contribution in [-0.2, 0) is 21.4 Å². The molecule has 2 unspecified atom stereocenters. The summed E-state index contributed by atoms with van der Waals surface area (Å²) in [5.74, 6) is -0.489. The number of carboxylic acid groups (broad SMARTS) is 1. The Morgan fingerprint density at radius 1 is 1.11 bits per heavy atom. The van der Waals surface area contributed by atoms with Crippen LogP contribution >= 0.6 is 0 Å². The molecule has 1 saturated heterocycles. The van der Waals surface area contributed by atoms with E-state index in [0.29, 0.717) is 25.4 Å². The van der Waals surface area contributed by atoms with Gasteiger partial charge in [-0.15, -0.1) is 0 Å². The minimum atomic E-state index is -3.90. The number of hydrogen-bond acceptors (Lipinski definition) is 6. The summed E-state index contributed by atoms with van der Waals surface area (Å²) in [6.07, 6.45) is 2.90. The molecule has 9 heteroatoms. The van der Waals surface area contributed by atoms with E-state index in [2.05, 4.69) is 9.71 Å². The van der Waals surface area contributed by atoms with Crippen LogP contribution in [0.2, 0.25) is 0 Å². The van der Waals surface area contributed by atoms with Gasteiger partial charge in [0, 0.05) is 22.7 Å². The van der Waals surface area contributed by atoms with Crippen molar-refractivity contribution in [2.24, 2.45) is 0 Å². The summed E-state index contributed by atoms with van der Waals surface area (Å²) in [4.78, 5) is 18.3. The van der Waals surface area contributed by atoms with Crippen LogP contribution in [0, 0.1) is 6.92 Å². The number of ether oxygens (including phenoxy) is 1. The van der Waals surface area contributed by atoms with Crippen LogP contribution in [0.15, 0.2) is 59.5 Å². The maximum absolute atomic E-state index is 13.0. The summed E-state index contributed by atoms with van der Waals surface area (Å²) in [6, 6.07) is 14.3. The van der Waals surface area contributed by atoms with Gasteiger partial charge in [-0.25, -0.2) is 13.1 Å². The van der Waals surface area contributed by atoms with Gasteiger partial charge in [-0.2, -0.15) is 0 Å². The SMILES string of the molecule is Cc1cc(COc2ccc(S(=O)(=O)NC(C)C(C(=O)O)N3CCCCC3)cc2)c2ccccc2n1. The second kappa shape index (κ2) is 10.7. The molecule has 2 atom stereocenters. The van der Waals surface area contributed by atoms with Crippen LogP contribution in [0.1, 0.15) is 37.4 Å². The predicted molar refractivity (Wildman–Crippen MR) is 134 cm³/mol. The highest BCUT2D eigenvalue weighted by molar-refractivity contribution is 7.89. The Labute approximate surface area is 206 Å². The molecule has 0 aliphatic carbocycles. The van der Waals surface area contributed by atoms with Gasteiger partial charge in [-0.1, -0.05) is 24.6 Å². The Kier molecular flexibility index (Phi) is 7.69. The molecule has 3 aromatic rings. The van der Waals surface area contributed by atoms with Crippen molar-refractivity contribution in [3.8, 4) is 5.75 Å². The Bertz CT molecular complexity index is 1290. The molecule has 2 aromatic carbocycles. The molecule has 0 saturated carbocycles. The lowest BCUT2D eigenvalue weighted by molar-refractivity contribution is -0.144. The first-order chi connectivity index (χ1) is 16.7. The first kappa shape index (κ1) is 25.1. The van der Waals surface area contributed by atoms with Gasteiger partial charge >= 0.3 is 5.97 Å². The van der Waals surface area contributed by atoms with Gasteiger partial charge in [0.05, 0.1) is 10.4 Å². The summed E-state index contributed by atoms with van der Waals surface area (Å²) in [5.41, 5.74) is 2.79. The molecule has 2 heterocycles. The fourth-order valence-electron chi connectivity index (χ4n) is 4.65. The number of aromatic nitrogens is 1. The van der Waals surface area contributed by atoms with Crippen molar-refractivity contribution < 1.29 is 23.1 Å². The van der Waals surface area contributed by atoms with E-state index in [9.17, 15) is 18.3 Å². The second-order valence-electron chi connectivity index (χ2n) is 8.99. The number of rotatable bonds is 9. The number of fused-ring (bicyclic) bond motifs is 1. The molecule has 8 nitrogen and oxygen atoms in total. The molecular formula is C26H31N3O5S. The van der Waals surface area contributed by atoms with Crippen molar-refractivity contribution in [3.63, 3.8) is 0 Å². The molecule has 0 bridgehead atoms. The van der Waals surface area contributed by atoms with E-state index in [1.807, 2.05) is 42.2 Å². The third-order valence-corrected chi connectivity index (χ3v) is 7.88. The van der Waals surface area contributed by atoms with E-state index in [-0.39, 0.29) is 4.90 Å². The van der Waals surface area contributed by atoms with Crippen molar-refractivity contribution in [2.45, 2.75) is 56.7 Å². The standard InChI is InChI=1S/C26H31N3O5S/c1-18-16-20(23-8-4-5-9-24(23)27-18)17-34-21-10-12-22(13-11-21)35(32,33)28-19(2)25(26(30)31)29-14-6-3-7-15-29/h4-5,8-13,16,19,25,28H,3,6-7,14-15,17H2,1-2H3,(H,30,31). The zero-order valence-corrected chi connectivity index (χ0v) is 20.8. The number of carboxylic acids is 1. The number of hydrogen-bond donors (Lipinski definition) is 2. The number of pyridine rings is 1. The zero-order valence-electron chi connectivity index (χ0n) is 20.0. The maximum Gasteiger partial charge on any atom is 0.322 e. The Morgan fingerprint density at radius 3 is 2.49 bits per heavy atom. The highest BCUT2D eigenvalue weighted by Crippen LogP contribution is 2.22. The number of aryl methyl sites for hydroxylation is 1. The minimum Gasteiger partial charge on any atom is -0.489 e. The van der Waals surface area contributed by atoms with Gasteiger partial charge in [-0.3, -0.25) is 14.7 Å². The molecule has 1 fully saturated rings. The van der Waals surface area contributed by atoms with Crippen LogP contribution in [0.3, 0.4) is 0 Å². The van der Waals surface area contributed by atoms with Gasteiger partial charge < -0.3 is 9.84 Å². The van der Waals surface area contributed by atoms with E-state index in [4.69, 9.17) is 4.74 Å². The van der Waals surface area contributed by atoms with E-state index >= 15 is 0 Å². The molecule has 2 N–H and O–H groups in total. The fraction of sp³-hybridized carbons (Fsp3) is 0.385. The summed E-state index contributed by atoms with van der Waals surface area (Å²) in [5, 5.41) is 10.8. The molecule has 0 spiro atoms. The van der Waals surface area contributed by atoms with Crippen molar-refractivity contribution in [1.82, 2.24) is 14.6 Å². The van der Waals surface area contributed by atoms with Crippen LogP contribution in [0.25, 0.3) is 10.9 Å². The van der Waals surface area contributed by atoms with Crippen molar-refractivity contribution in [3.05, 3.63) is 65.9 Å². The topological polar surface area (TPSA) is 109 Å². The van der Waals surface area contributed by atoms with Gasteiger partial charge in [0.1, 0.15) is 18.4 Å². The third kappa shape index (κ3) is 5.98. The van der Waals surface area contributed by atoms with E-state index in [1.165, 1.54) is 12.1 Å². The monoisotopic (exact) mass is 497 g/mol. The Morgan fingerprint density at radius 2 is 1.80 bits per heavy atom. The Balaban J connectivity index is 1.43. The van der Waals surface area contributed by atoms with E-state index in [1.54, 1.807) is 19.1 Å². The number of carbonyl (C=O) groups is 1. The third-order valence-electron chi connectivity index (χ3n) is 6.31. The quantitative estimate of drug-likeness (QED) is 0.464. The molecule has 1 aliphatic rings. The van der Waals surface area contributed by atoms with E-state index < -0.39 is 28.1 Å². The second-order valence-corrected chi connectivity index (χ2v) is 10.7. The normalized spacial score (nSPS) is 16.6. The maximum atomic E-state index is 13.0. The number of nitrogens with one attached hydrogen (secondary N) is 1. The summed E-state index contributed by atoms with van der Waals surface area (Å²) in [7, 11) is -3.90. The molecule has 1 aromatic heterocycles. The number of piperidine rings is 1. The largest absolute Gasteiger partial charge is 0.489 e. The van der Waals surface area contributed by atoms with Crippen molar-refractivity contribution in [2.75, 3.05) is 13.1 Å². The smallest absolute Gasteiger partial charge is 0.322 e. The number of benzene rings is 2. The van der Waals surface area contributed by atoms with E-state index in [0.717, 1.165) is 41.4 Å². The zero-order chi connectivity index (χ0) is 25.0. The molecule has 4 rings (SSSR count). The lowest BCUT2D eigenvalue weighted by Crippen LogP contribution is -2.55. The first-order valence-electron chi connectivity index (χ1n) is 11.8. The number of sulfonamides is 1. The van der Waals surface area contributed by atoms with Crippen molar-refractivity contribution >= 4 is 26.9 Å². The Hall–Kier alpha value is -3.01. The average Bonchev–Trinajstić information content (AvgIpc) is 2.83. The summed E-state index contributed by atoms with van der Waals surface area (Å²) < 4.78 is 34.4. The first-order valence-corrected chi connectivity index (χ1v) is 13.3. The van der Waals surface area contributed by atoms with Gasteiger partial charge in [0.2, 0.25) is 10.0 Å². The van der Waals surface area contributed by atoms with Gasteiger partial charge in [0.15, 0.2) is 0 Å². The highest BCUT2D eigenvalue weighted by atomic mass is 32.2. The summed E-state index contributed by atoms with van der Waals surface area (Å²) >= 11 is 0. The number of nitrogens with zero attached hydrogens (tertiary/aromatic N) is 2. The number of para-hydroxylation sites is 1.